The molecule has 1 rings (SSSR count). The zero-order valence-corrected chi connectivity index (χ0v) is 7.32. The maximum Gasteiger partial charge on any atom is -0.0247 e. The fourth-order valence-electron chi connectivity index (χ4n) is 1.55. The largest absolute Gasteiger partial charge is 0.0952 e. The standard InChI is InChI=1S/C11H16/c1-5-11-6-8(2)10(4)9(3)7-11/h11H,2-7H2,1H3. The normalized spacial score (nSPS) is 21.0. The van der Waals surface area contributed by atoms with Crippen molar-refractivity contribution in [3.8, 4) is 0 Å². The number of hydrogen-bond donors (Lipinski definition) is 0. The molecule has 0 amide bonds. The Balaban J connectivity index is 2.70. The lowest BCUT2D eigenvalue weighted by atomic mass is 9.79. The van der Waals surface area contributed by atoms with Gasteiger partial charge in [-0.25, -0.2) is 0 Å². The number of rotatable bonds is 1. The van der Waals surface area contributed by atoms with E-state index in [9.17, 15) is 0 Å². The van der Waals surface area contributed by atoms with Crippen molar-refractivity contribution < 1.29 is 0 Å². The van der Waals surface area contributed by atoms with Crippen molar-refractivity contribution >= 4 is 0 Å². The van der Waals surface area contributed by atoms with Crippen LogP contribution in [0.1, 0.15) is 26.2 Å². The number of hydrogen-bond acceptors (Lipinski definition) is 0. The van der Waals surface area contributed by atoms with Gasteiger partial charge in [0.25, 0.3) is 0 Å². The van der Waals surface area contributed by atoms with Crippen LogP contribution >= 0.6 is 0 Å². The van der Waals surface area contributed by atoms with Crippen LogP contribution in [0.3, 0.4) is 0 Å². The van der Waals surface area contributed by atoms with Gasteiger partial charge in [0, 0.05) is 0 Å². The fraction of sp³-hybridized carbons (Fsp3) is 0.455. The topological polar surface area (TPSA) is 0 Å². The lowest BCUT2D eigenvalue weighted by molar-refractivity contribution is 0.488. The molecular weight excluding hydrogens is 132 g/mol. The van der Waals surface area contributed by atoms with E-state index in [4.69, 9.17) is 0 Å². The van der Waals surface area contributed by atoms with Crippen LogP contribution in [-0.2, 0) is 0 Å². The summed E-state index contributed by atoms with van der Waals surface area (Å²) in [5, 5.41) is 0. The predicted octanol–water partition coefficient (Wildman–Crippen LogP) is 3.48. The minimum absolute atomic E-state index is 0.764. The summed E-state index contributed by atoms with van der Waals surface area (Å²) in [7, 11) is 0. The first-order valence-corrected chi connectivity index (χ1v) is 4.20. The SMILES string of the molecule is C=C1CC(CC)CC(=C)C1=C. The highest BCUT2D eigenvalue weighted by atomic mass is 14.2. The van der Waals surface area contributed by atoms with Crippen LogP contribution in [0, 0.1) is 5.92 Å². The van der Waals surface area contributed by atoms with Crippen LogP contribution in [0.5, 0.6) is 0 Å². The van der Waals surface area contributed by atoms with E-state index in [1.807, 2.05) is 0 Å². The molecule has 1 aliphatic rings. The van der Waals surface area contributed by atoms with Crippen LogP contribution < -0.4 is 0 Å². The zero-order chi connectivity index (χ0) is 8.43. The van der Waals surface area contributed by atoms with Crippen molar-refractivity contribution in [1.82, 2.24) is 0 Å². The van der Waals surface area contributed by atoms with Crippen molar-refractivity contribution in [2.24, 2.45) is 5.92 Å². The maximum atomic E-state index is 3.98. The summed E-state index contributed by atoms with van der Waals surface area (Å²) in [5.41, 5.74) is 3.47. The Hall–Kier alpha value is -0.780. The van der Waals surface area contributed by atoms with E-state index in [1.165, 1.54) is 17.6 Å². The van der Waals surface area contributed by atoms with E-state index in [0.29, 0.717) is 0 Å². The molecule has 0 aliphatic heterocycles. The second kappa shape index (κ2) is 3.08. The fourth-order valence-corrected chi connectivity index (χ4v) is 1.55. The van der Waals surface area contributed by atoms with E-state index < -0.39 is 0 Å². The van der Waals surface area contributed by atoms with E-state index in [1.54, 1.807) is 0 Å². The average molecular weight is 148 g/mol. The Bertz CT molecular complexity index is 188. The van der Waals surface area contributed by atoms with E-state index in [-0.39, 0.29) is 0 Å². The highest BCUT2D eigenvalue weighted by molar-refractivity contribution is 5.44. The van der Waals surface area contributed by atoms with Gasteiger partial charge in [-0.15, -0.1) is 0 Å². The molecule has 0 saturated heterocycles. The van der Waals surface area contributed by atoms with Gasteiger partial charge in [0.1, 0.15) is 0 Å². The molecule has 0 heteroatoms. The second-order valence-electron chi connectivity index (χ2n) is 3.37. The van der Waals surface area contributed by atoms with Crippen molar-refractivity contribution in [3.63, 3.8) is 0 Å². The lowest BCUT2D eigenvalue weighted by Gasteiger charge is -2.26. The van der Waals surface area contributed by atoms with Gasteiger partial charge in [-0.2, -0.15) is 0 Å². The quantitative estimate of drug-likeness (QED) is 0.534. The first-order valence-electron chi connectivity index (χ1n) is 4.20. The van der Waals surface area contributed by atoms with Crippen molar-refractivity contribution in [3.05, 3.63) is 36.5 Å². The minimum atomic E-state index is 0.764. The van der Waals surface area contributed by atoms with Gasteiger partial charge in [-0.05, 0) is 35.5 Å². The zero-order valence-electron chi connectivity index (χ0n) is 7.32. The van der Waals surface area contributed by atoms with E-state index in [2.05, 4.69) is 26.7 Å². The highest BCUT2D eigenvalue weighted by Gasteiger charge is 2.19. The van der Waals surface area contributed by atoms with Gasteiger partial charge in [-0.3, -0.25) is 0 Å². The summed E-state index contributed by atoms with van der Waals surface area (Å²) in [6, 6.07) is 0. The Kier molecular flexibility index (Phi) is 2.33. The Labute approximate surface area is 69.3 Å². The summed E-state index contributed by atoms with van der Waals surface area (Å²) in [4.78, 5) is 0. The van der Waals surface area contributed by atoms with Crippen LogP contribution in [-0.4, -0.2) is 0 Å². The summed E-state index contributed by atoms with van der Waals surface area (Å²) in [6.45, 7) is 14.1. The highest BCUT2D eigenvalue weighted by Crippen LogP contribution is 2.35. The summed E-state index contributed by atoms with van der Waals surface area (Å²) in [5.74, 6) is 0.764. The molecule has 0 aromatic carbocycles. The van der Waals surface area contributed by atoms with E-state index in [0.717, 1.165) is 24.3 Å². The summed E-state index contributed by atoms with van der Waals surface area (Å²) in [6.07, 6.45) is 3.47. The molecule has 0 heterocycles. The van der Waals surface area contributed by atoms with Crippen LogP contribution in [0.2, 0.25) is 0 Å². The lowest BCUT2D eigenvalue weighted by Crippen LogP contribution is -2.10. The smallest absolute Gasteiger partial charge is 0.0247 e. The van der Waals surface area contributed by atoms with Gasteiger partial charge in [0.15, 0.2) is 0 Å². The molecule has 0 atom stereocenters. The molecule has 0 aromatic heterocycles. The third-order valence-corrected chi connectivity index (χ3v) is 2.50. The molecule has 0 bridgehead atoms. The molecular formula is C11H16. The van der Waals surface area contributed by atoms with Crippen molar-refractivity contribution in [1.29, 1.82) is 0 Å². The third kappa shape index (κ3) is 1.62. The molecule has 1 saturated carbocycles. The van der Waals surface area contributed by atoms with Crippen molar-refractivity contribution in [2.45, 2.75) is 26.2 Å². The van der Waals surface area contributed by atoms with E-state index >= 15 is 0 Å². The van der Waals surface area contributed by atoms with Gasteiger partial charge in [0.2, 0.25) is 0 Å². The molecule has 60 valence electrons. The predicted molar refractivity (Wildman–Crippen MR) is 50.4 cm³/mol. The maximum absolute atomic E-state index is 3.98. The van der Waals surface area contributed by atoms with Gasteiger partial charge < -0.3 is 0 Å². The molecule has 11 heavy (non-hydrogen) atoms. The Morgan fingerprint density at radius 2 is 1.64 bits per heavy atom. The molecule has 0 spiro atoms. The molecule has 0 radical (unpaired) electrons. The summed E-state index contributed by atoms with van der Waals surface area (Å²) >= 11 is 0. The average Bonchev–Trinajstić information content (AvgIpc) is 1.99. The molecule has 1 fully saturated rings. The summed E-state index contributed by atoms with van der Waals surface area (Å²) < 4.78 is 0. The minimum Gasteiger partial charge on any atom is -0.0952 e. The van der Waals surface area contributed by atoms with Crippen molar-refractivity contribution in [2.75, 3.05) is 0 Å². The monoisotopic (exact) mass is 148 g/mol. The van der Waals surface area contributed by atoms with Crippen LogP contribution in [0.15, 0.2) is 36.5 Å². The first kappa shape index (κ1) is 8.32. The third-order valence-electron chi connectivity index (χ3n) is 2.50. The van der Waals surface area contributed by atoms with Crippen LogP contribution in [0.4, 0.5) is 0 Å². The Morgan fingerprint density at radius 3 is 2.00 bits per heavy atom. The first-order chi connectivity index (χ1) is 5.15. The molecule has 0 nitrogen and oxygen atoms in total. The molecule has 0 N–H and O–H groups in total. The second-order valence-corrected chi connectivity index (χ2v) is 3.37. The molecule has 1 aliphatic carbocycles. The van der Waals surface area contributed by atoms with Gasteiger partial charge >= 0.3 is 0 Å². The van der Waals surface area contributed by atoms with Gasteiger partial charge in [-0.1, -0.05) is 33.1 Å². The molecule has 0 unspecified atom stereocenters. The van der Waals surface area contributed by atoms with Gasteiger partial charge in [0.05, 0.1) is 0 Å². The Morgan fingerprint density at radius 1 is 1.18 bits per heavy atom. The number of allylic oxidation sites excluding steroid dienone is 3. The molecule has 0 aromatic rings. The van der Waals surface area contributed by atoms with Crippen LogP contribution in [0.25, 0.3) is 0 Å².